The second-order valence-corrected chi connectivity index (χ2v) is 6.14. The fourth-order valence-electron chi connectivity index (χ4n) is 2.60. The minimum Gasteiger partial charge on any atom is -0.326 e. The smallest absolute Gasteiger partial charge is 0.224 e. The quantitative estimate of drug-likeness (QED) is 0.916. The van der Waals surface area contributed by atoms with Crippen LogP contribution in [0.1, 0.15) is 32.1 Å². The summed E-state index contributed by atoms with van der Waals surface area (Å²) in [5.41, 5.74) is 0.858. The number of nitrogens with zero attached hydrogens (tertiary/aromatic N) is 1. The van der Waals surface area contributed by atoms with E-state index in [0.717, 1.165) is 23.1 Å². The van der Waals surface area contributed by atoms with Gasteiger partial charge in [-0.2, -0.15) is 0 Å². The first-order valence-electron chi connectivity index (χ1n) is 6.91. The van der Waals surface area contributed by atoms with Gasteiger partial charge in [0, 0.05) is 22.6 Å². The van der Waals surface area contributed by atoms with E-state index in [0.29, 0.717) is 12.5 Å². The van der Waals surface area contributed by atoms with Crippen LogP contribution in [0.2, 0.25) is 0 Å². The van der Waals surface area contributed by atoms with Crippen LogP contribution in [0.15, 0.2) is 28.7 Å². The number of halogens is 1. The standard InChI is InChI=1S/C15H21BrN2O/c1-18-10-3-2-7-14(18)8-9-15(19)17-13-6-4-5-12(16)11-13/h4-6,11,14H,2-3,7-10H2,1H3,(H,17,19). The second kappa shape index (κ2) is 7.06. The van der Waals surface area contributed by atoms with Crippen LogP contribution in [-0.2, 0) is 4.79 Å². The van der Waals surface area contributed by atoms with Crippen LogP contribution in [-0.4, -0.2) is 30.4 Å². The van der Waals surface area contributed by atoms with Gasteiger partial charge in [-0.15, -0.1) is 0 Å². The molecule has 2 rings (SSSR count). The van der Waals surface area contributed by atoms with Crippen molar-refractivity contribution in [2.24, 2.45) is 0 Å². The number of likely N-dealkylation sites (tertiary alicyclic amines) is 1. The van der Waals surface area contributed by atoms with Crippen molar-refractivity contribution >= 4 is 27.5 Å². The molecule has 4 heteroatoms. The minimum atomic E-state index is 0.108. The van der Waals surface area contributed by atoms with Gasteiger partial charge in [-0.25, -0.2) is 0 Å². The average Bonchev–Trinajstić information content (AvgIpc) is 2.38. The van der Waals surface area contributed by atoms with Crippen LogP contribution in [0.4, 0.5) is 5.69 Å². The molecule has 1 aromatic rings. The summed E-state index contributed by atoms with van der Waals surface area (Å²) in [5, 5.41) is 2.95. The van der Waals surface area contributed by atoms with Gasteiger partial charge in [-0.05, 0) is 51.1 Å². The van der Waals surface area contributed by atoms with E-state index in [4.69, 9.17) is 0 Å². The Labute approximate surface area is 123 Å². The van der Waals surface area contributed by atoms with Crippen molar-refractivity contribution in [3.63, 3.8) is 0 Å². The molecule has 3 nitrogen and oxygen atoms in total. The van der Waals surface area contributed by atoms with Crippen molar-refractivity contribution < 1.29 is 4.79 Å². The van der Waals surface area contributed by atoms with Gasteiger partial charge in [0.1, 0.15) is 0 Å². The van der Waals surface area contributed by atoms with Gasteiger partial charge in [0.25, 0.3) is 0 Å². The highest BCUT2D eigenvalue weighted by Gasteiger charge is 2.19. The van der Waals surface area contributed by atoms with Gasteiger partial charge in [0.15, 0.2) is 0 Å². The monoisotopic (exact) mass is 324 g/mol. The fourth-order valence-corrected chi connectivity index (χ4v) is 3.00. The van der Waals surface area contributed by atoms with Crippen LogP contribution < -0.4 is 5.32 Å². The summed E-state index contributed by atoms with van der Waals surface area (Å²) in [7, 11) is 2.16. The Hall–Kier alpha value is -0.870. The van der Waals surface area contributed by atoms with Gasteiger partial charge in [-0.3, -0.25) is 4.79 Å². The highest BCUT2D eigenvalue weighted by atomic mass is 79.9. The molecule has 0 bridgehead atoms. The molecule has 1 aromatic carbocycles. The van der Waals surface area contributed by atoms with Crippen molar-refractivity contribution in [1.29, 1.82) is 0 Å². The van der Waals surface area contributed by atoms with Gasteiger partial charge < -0.3 is 10.2 Å². The lowest BCUT2D eigenvalue weighted by Gasteiger charge is -2.32. The zero-order valence-corrected chi connectivity index (χ0v) is 12.9. The molecule has 1 heterocycles. The van der Waals surface area contributed by atoms with Gasteiger partial charge in [0.05, 0.1) is 0 Å². The Morgan fingerprint density at radius 3 is 3.05 bits per heavy atom. The molecule has 1 N–H and O–H groups in total. The molecule has 0 radical (unpaired) electrons. The summed E-state index contributed by atoms with van der Waals surface area (Å²) in [4.78, 5) is 14.3. The predicted molar refractivity (Wildman–Crippen MR) is 82.3 cm³/mol. The maximum absolute atomic E-state index is 11.9. The van der Waals surface area contributed by atoms with Crippen molar-refractivity contribution in [2.75, 3.05) is 18.9 Å². The molecule has 1 unspecified atom stereocenters. The number of benzene rings is 1. The summed E-state index contributed by atoms with van der Waals surface area (Å²) in [6.45, 7) is 1.16. The van der Waals surface area contributed by atoms with Crippen molar-refractivity contribution in [3.05, 3.63) is 28.7 Å². The number of piperidine rings is 1. The second-order valence-electron chi connectivity index (χ2n) is 5.23. The summed E-state index contributed by atoms with van der Waals surface area (Å²) in [5.74, 6) is 0.108. The van der Waals surface area contributed by atoms with E-state index in [9.17, 15) is 4.79 Å². The van der Waals surface area contributed by atoms with E-state index < -0.39 is 0 Å². The van der Waals surface area contributed by atoms with Gasteiger partial charge >= 0.3 is 0 Å². The Kier molecular flexibility index (Phi) is 5.40. The number of anilines is 1. The topological polar surface area (TPSA) is 32.3 Å². The number of hydrogen-bond acceptors (Lipinski definition) is 2. The SMILES string of the molecule is CN1CCCCC1CCC(=O)Nc1cccc(Br)c1. The summed E-state index contributed by atoms with van der Waals surface area (Å²) >= 11 is 3.40. The van der Waals surface area contributed by atoms with Crippen LogP contribution in [0.3, 0.4) is 0 Å². The maximum atomic E-state index is 11.9. The molecule has 0 aliphatic carbocycles. The number of rotatable bonds is 4. The van der Waals surface area contributed by atoms with Gasteiger partial charge in [0.2, 0.25) is 5.91 Å². The lowest BCUT2D eigenvalue weighted by molar-refractivity contribution is -0.116. The Morgan fingerprint density at radius 2 is 2.32 bits per heavy atom. The first kappa shape index (κ1) is 14.5. The molecule has 0 aromatic heterocycles. The van der Waals surface area contributed by atoms with Crippen molar-refractivity contribution in [2.45, 2.75) is 38.1 Å². The third kappa shape index (κ3) is 4.62. The third-order valence-corrected chi connectivity index (χ3v) is 4.23. The first-order chi connectivity index (χ1) is 9.15. The largest absolute Gasteiger partial charge is 0.326 e. The molecule has 1 amide bonds. The van der Waals surface area contributed by atoms with E-state index in [1.807, 2.05) is 24.3 Å². The molecular weight excluding hydrogens is 304 g/mol. The molecule has 1 atom stereocenters. The lowest BCUT2D eigenvalue weighted by atomic mass is 9.98. The van der Waals surface area contributed by atoms with Crippen molar-refractivity contribution in [3.8, 4) is 0 Å². The van der Waals surface area contributed by atoms with E-state index in [-0.39, 0.29) is 5.91 Å². The maximum Gasteiger partial charge on any atom is 0.224 e. The number of carbonyl (C=O) groups excluding carboxylic acids is 1. The van der Waals surface area contributed by atoms with Crippen molar-refractivity contribution in [1.82, 2.24) is 4.90 Å². The zero-order chi connectivity index (χ0) is 13.7. The molecule has 1 aliphatic rings. The molecule has 19 heavy (non-hydrogen) atoms. The fraction of sp³-hybridized carbons (Fsp3) is 0.533. The van der Waals surface area contributed by atoms with E-state index in [1.54, 1.807) is 0 Å². The number of amides is 1. The first-order valence-corrected chi connectivity index (χ1v) is 7.70. The number of hydrogen-bond donors (Lipinski definition) is 1. The molecule has 1 fully saturated rings. The molecule has 0 saturated carbocycles. The lowest BCUT2D eigenvalue weighted by Crippen LogP contribution is -2.36. The van der Waals surface area contributed by atoms with Crippen LogP contribution in [0, 0.1) is 0 Å². The summed E-state index contributed by atoms with van der Waals surface area (Å²) in [6, 6.07) is 8.28. The van der Waals surface area contributed by atoms with Crippen LogP contribution in [0.5, 0.6) is 0 Å². The number of carbonyl (C=O) groups is 1. The predicted octanol–water partition coefficient (Wildman–Crippen LogP) is 3.65. The summed E-state index contributed by atoms with van der Waals surface area (Å²) < 4.78 is 0.984. The van der Waals surface area contributed by atoms with E-state index in [1.165, 1.54) is 19.3 Å². The van der Waals surface area contributed by atoms with E-state index in [2.05, 4.69) is 33.2 Å². The van der Waals surface area contributed by atoms with E-state index >= 15 is 0 Å². The highest BCUT2D eigenvalue weighted by molar-refractivity contribution is 9.10. The van der Waals surface area contributed by atoms with Gasteiger partial charge in [-0.1, -0.05) is 28.4 Å². The van der Waals surface area contributed by atoms with Crippen LogP contribution >= 0.6 is 15.9 Å². The Morgan fingerprint density at radius 1 is 1.47 bits per heavy atom. The summed E-state index contributed by atoms with van der Waals surface area (Å²) in [6.07, 6.45) is 5.36. The zero-order valence-electron chi connectivity index (χ0n) is 11.4. The molecule has 0 spiro atoms. The highest BCUT2D eigenvalue weighted by Crippen LogP contribution is 2.20. The molecule has 104 valence electrons. The van der Waals surface area contributed by atoms with Crippen LogP contribution in [0.25, 0.3) is 0 Å². The third-order valence-electron chi connectivity index (χ3n) is 3.73. The average molecular weight is 325 g/mol. The molecular formula is C15H21BrN2O. The minimum absolute atomic E-state index is 0.108. The Bertz CT molecular complexity index is 436. The normalized spacial score (nSPS) is 20.2. The number of nitrogens with one attached hydrogen (secondary N) is 1. The molecule has 1 saturated heterocycles. The molecule has 1 aliphatic heterocycles. The Balaban J connectivity index is 1.78.